The summed E-state index contributed by atoms with van der Waals surface area (Å²) in [5, 5.41) is 0. The van der Waals surface area contributed by atoms with Crippen LogP contribution in [0.5, 0.6) is 5.75 Å². The van der Waals surface area contributed by atoms with Crippen molar-refractivity contribution in [2.24, 2.45) is 0 Å². The minimum Gasteiger partial charge on any atom is -0.491 e. The normalized spacial score (nSPS) is 17.6. The Morgan fingerprint density at radius 1 is 1.25 bits per heavy atom. The number of hydrogen-bond donors (Lipinski definition) is 0. The third-order valence-corrected chi connectivity index (χ3v) is 3.44. The van der Waals surface area contributed by atoms with Crippen LogP contribution in [0.25, 0.3) is 0 Å². The molecule has 20 heavy (non-hydrogen) atoms. The van der Waals surface area contributed by atoms with Crippen LogP contribution in [0.15, 0.2) is 36.4 Å². The van der Waals surface area contributed by atoms with Crippen LogP contribution in [0.1, 0.15) is 44.6 Å². The van der Waals surface area contributed by atoms with E-state index in [4.69, 9.17) is 9.47 Å². The van der Waals surface area contributed by atoms with Crippen LogP contribution in [0.3, 0.4) is 0 Å². The first-order chi connectivity index (χ1) is 9.88. The molecular formula is C18H26O2. The van der Waals surface area contributed by atoms with E-state index < -0.39 is 0 Å². The molecule has 1 aromatic rings. The van der Waals surface area contributed by atoms with Gasteiger partial charge in [0.05, 0.1) is 6.61 Å². The highest BCUT2D eigenvalue weighted by molar-refractivity contribution is 5.28. The van der Waals surface area contributed by atoms with Gasteiger partial charge in [0.25, 0.3) is 0 Å². The Morgan fingerprint density at radius 3 is 2.90 bits per heavy atom. The third kappa shape index (κ3) is 6.25. The van der Waals surface area contributed by atoms with Gasteiger partial charge in [-0.3, -0.25) is 0 Å². The first-order valence-corrected chi connectivity index (χ1v) is 7.87. The van der Waals surface area contributed by atoms with Crippen LogP contribution in [0, 0.1) is 0 Å². The Morgan fingerprint density at radius 2 is 2.10 bits per heavy atom. The predicted molar refractivity (Wildman–Crippen MR) is 83.3 cm³/mol. The average Bonchev–Trinajstić information content (AvgIpc) is 3.29. The summed E-state index contributed by atoms with van der Waals surface area (Å²) in [4.78, 5) is 0. The first kappa shape index (κ1) is 15.1. The minimum absolute atomic E-state index is 0.327. The number of unbranched alkanes of at least 4 members (excludes halogenated alkanes) is 3. The highest BCUT2D eigenvalue weighted by atomic mass is 16.6. The summed E-state index contributed by atoms with van der Waals surface area (Å²) in [7, 11) is 0. The Bertz CT molecular complexity index is 408. The van der Waals surface area contributed by atoms with Crippen LogP contribution >= 0.6 is 0 Å². The topological polar surface area (TPSA) is 21.8 Å². The zero-order chi connectivity index (χ0) is 14.0. The lowest BCUT2D eigenvalue weighted by Crippen LogP contribution is -2.04. The molecule has 1 aliphatic rings. The van der Waals surface area contributed by atoms with Crippen molar-refractivity contribution in [1.82, 2.24) is 0 Å². The van der Waals surface area contributed by atoms with E-state index >= 15 is 0 Å². The van der Waals surface area contributed by atoms with E-state index in [1.807, 2.05) is 6.07 Å². The Kier molecular flexibility index (Phi) is 6.65. The first-order valence-electron chi connectivity index (χ1n) is 7.87. The smallest absolute Gasteiger partial charge is 0.119 e. The van der Waals surface area contributed by atoms with Crippen molar-refractivity contribution in [2.45, 2.75) is 51.6 Å². The third-order valence-electron chi connectivity index (χ3n) is 3.44. The van der Waals surface area contributed by atoms with Crippen molar-refractivity contribution < 1.29 is 9.47 Å². The summed E-state index contributed by atoms with van der Waals surface area (Å²) in [5.41, 5.74) is 1.37. The molecule has 1 saturated heterocycles. The zero-order valence-corrected chi connectivity index (χ0v) is 12.5. The van der Waals surface area contributed by atoms with Crippen molar-refractivity contribution in [3.8, 4) is 5.75 Å². The molecule has 0 spiro atoms. The van der Waals surface area contributed by atoms with Crippen molar-refractivity contribution in [3.63, 3.8) is 0 Å². The highest BCUT2D eigenvalue weighted by Crippen LogP contribution is 2.18. The molecule has 110 valence electrons. The quantitative estimate of drug-likeness (QED) is 0.355. The highest BCUT2D eigenvalue weighted by Gasteiger charge is 2.22. The molecule has 0 bridgehead atoms. The lowest BCUT2D eigenvalue weighted by atomic mass is 10.1. The standard InChI is InChI=1S/C18H26O2/c1-2-3-4-5-6-7-8-10-16-11-9-12-17(13-16)19-14-18-15-20-18/h4-5,9,11-13,18H,2-3,6-8,10,14-15H2,1H3/b5-4+. The fraction of sp³-hybridized carbons (Fsp3) is 0.556. The van der Waals surface area contributed by atoms with Crippen molar-refractivity contribution in [3.05, 3.63) is 42.0 Å². The molecule has 1 atom stereocenters. The summed E-state index contributed by atoms with van der Waals surface area (Å²) in [5.74, 6) is 0.973. The number of hydrogen-bond acceptors (Lipinski definition) is 2. The number of epoxide rings is 1. The van der Waals surface area contributed by atoms with Crippen LogP contribution in [0.4, 0.5) is 0 Å². The van der Waals surface area contributed by atoms with Crippen LogP contribution in [-0.2, 0) is 11.2 Å². The van der Waals surface area contributed by atoms with Gasteiger partial charge >= 0.3 is 0 Å². The molecule has 0 amide bonds. The van der Waals surface area contributed by atoms with Crippen LogP contribution in [0.2, 0.25) is 0 Å². The summed E-state index contributed by atoms with van der Waals surface area (Å²) in [6.45, 7) is 3.76. The molecule has 1 aromatic carbocycles. The minimum atomic E-state index is 0.327. The average molecular weight is 274 g/mol. The zero-order valence-electron chi connectivity index (χ0n) is 12.5. The van der Waals surface area contributed by atoms with E-state index in [1.54, 1.807) is 0 Å². The second-order valence-corrected chi connectivity index (χ2v) is 5.42. The molecule has 0 aliphatic carbocycles. The van der Waals surface area contributed by atoms with Gasteiger partial charge in [0.1, 0.15) is 18.5 Å². The number of ether oxygens (including phenoxy) is 2. The van der Waals surface area contributed by atoms with Gasteiger partial charge in [-0.1, -0.05) is 37.6 Å². The Balaban J connectivity index is 1.62. The number of rotatable bonds is 10. The van der Waals surface area contributed by atoms with E-state index in [9.17, 15) is 0 Å². The maximum absolute atomic E-state index is 5.71. The molecule has 1 aliphatic heterocycles. The van der Waals surface area contributed by atoms with E-state index in [1.165, 1.54) is 37.7 Å². The van der Waals surface area contributed by atoms with Crippen LogP contribution in [-0.4, -0.2) is 19.3 Å². The van der Waals surface area contributed by atoms with Gasteiger partial charge in [-0.15, -0.1) is 0 Å². The number of benzene rings is 1. The van der Waals surface area contributed by atoms with Crippen molar-refractivity contribution >= 4 is 0 Å². The molecule has 0 N–H and O–H groups in total. The molecule has 0 radical (unpaired) electrons. The van der Waals surface area contributed by atoms with Gasteiger partial charge in [0, 0.05) is 0 Å². The van der Waals surface area contributed by atoms with E-state index in [0.717, 1.165) is 18.8 Å². The predicted octanol–water partition coefficient (Wildman–Crippen LogP) is 4.53. The number of aryl methyl sites for hydroxylation is 1. The Labute approximate surface area is 122 Å². The largest absolute Gasteiger partial charge is 0.491 e. The van der Waals surface area contributed by atoms with E-state index in [-0.39, 0.29) is 0 Å². The van der Waals surface area contributed by atoms with Crippen LogP contribution < -0.4 is 4.74 Å². The molecule has 2 heteroatoms. The Hall–Kier alpha value is -1.28. The second-order valence-electron chi connectivity index (χ2n) is 5.42. The SMILES string of the molecule is CCC/C=C/CCCCc1cccc(OCC2CO2)c1. The molecule has 0 aromatic heterocycles. The number of allylic oxidation sites excluding steroid dienone is 2. The molecule has 2 rings (SSSR count). The fourth-order valence-electron chi connectivity index (χ4n) is 2.14. The fourth-order valence-corrected chi connectivity index (χ4v) is 2.14. The summed E-state index contributed by atoms with van der Waals surface area (Å²) < 4.78 is 10.9. The van der Waals surface area contributed by atoms with Gasteiger partial charge < -0.3 is 9.47 Å². The summed E-state index contributed by atoms with van der Waals surface area (Å²) in [6, 6.07) is 8.46. The van der Waals surface area contributed by atoms with Gasteiger partial charge in [0.15, 0.2) is 0 Å². The van der Waals surface area contributed by atoms with Gasteiger partial charge in [-0.25, -0.2) is 0 Å². The van der Waals surface area contributed by atoms with Crippen molar-refractivity contribution in [1.29, 1.82) is 0 Å². The molecule has 1 fully saturated rings. The van der Waals surface area contributed by atoms with E-state index in [2.05, 4.69) is 37.3 Å². The summed E-state index contributed by atoms with van der Waals surface area (Å²) >= 11 is 0. The van der Waals surface area contributed by atoms with Gasteiger partial charge in [-0.2, -0.15) is 0 Å². The molecule has 2 nitrogen and oxygen atoms in total. The van der Waals surface area contributed by atoms with Gasteiger partial charge in [-0.05, 0) is 49.8 Å². The maximum atomic E-state index is 5.71. The second kappa shape index (κ2) is 8.80. The maximum Gasteiger partial charge on any atom is 0.119 e. The molecular weight excluding hydrogens is 248 g/mol. The lowest BCUT2D eigenvalue weighted by Gasteiger charge is -2.06. The molecule has 1 heterocycles. The van der Waals surface area contributed by atoms with E-state index in [0.29, 0.717) is 12.7 Å². The van der Waals surface area contributed by atoms with Crippen molar-refractivity contribution in [2.75, 3.05) is 13.2 Å². The summed E-state index contributed by atoms with van der Waals surface area (Å²) in [6.07, 6.45) is 12.3. The molecule has 1 unspecified atom stereocenters. The monoisotopic (exact) mass is 274 g/mol. The van der Waals surface area contributed by atoms with Gasteiger partial charge in [0.2, 0.25) is 0 Å². The molecule has 0 saturated carbocycles. The lowest BCUT2D eigenvalue weighted by molar-refractivity contribution is 0.263.